The van der Waals surface area contributed by atoms with Crippen LogP contribution in [0.25, 0.3) is 5.69 Å². The molecule has 3 N–H and O–H groups in total. The molecule has 2 amide bonds. The first kappa shape index (κ1) is 22.8. The zero-order chi connectivity index (χ0) is 22.3. The summed E-state index contributed by atoms with van der Waals surface area (Å²) in [5.41, 5.74) is -3.45. The molecule has 1 unspecified atom stereocenters. The average molecular weight is 480 g/mol. The summed E-state index contributed by atoms with van der Waals surface area (Å²) in [4.78, 5) is 9.94. The van der Waals surface area contributed by atoms with Crippen molar-refractivity contribution < 1.29 is 35.3 Å². The Morgan fingerprint density at radius 3 is 2.10 bits per heavy atom. The second-order valence-corrected chi connectivity index (χ2v) is 7.26. The molecule has 156 valence electrons. The summed E-state index contributed by atoms with van der Waals surface area (Å²) in [6.45, 7) is 0. The minimum absolute atomic E-state index is 0.340. The van der Waals surface area contributed by atoms with Gasteiger partial charge in [0, 0.05) is 0 Å². The molecule has 29 heavy (non-hydrogen) atoms. The number of anilines is 1. The number of primary amides is 1. The Balaban J connectivity index is 2.88. The summed E-state index contributed by atoms with van der Waals surface area (Å²) in [6.07, 6.45) is -4.86. The number of nitrogens with zero attached hydrogens (tertiary/aromatic N) is 3. The fourth-order valence-electron chi connectivity index (χ4n) is 2.09. The highest BCUT2D eigenvalue weighted by atomic mass is 35.5. The zero-order valence-electron chi connectivity index (χ0n) is 13.3. The molecule has 1 aromatic heterocycles. The van der Waals surface area contributed by atoms with Crippen LogP contribution in [-0.4, -0.2) is 25.5 Å². The standard InChI is InChI=1S/C13H5Cl2F6N5O2S/c14-5-1-4(12(16,17)18)2-6(15)8(5)26-10(24-11(23)27)9(7(3-22)25-26)29(28)13(19,20)21/h1-2H,(H3,23,24,27). The molecular formula is C13H5Cl2F6N5O2S. The number of benzene rings is 1. The molecule has 0 spiro atoms. The van der Waals surface area contributed by atoms with Crippen LogP contribution in [0, 0.1) is 11.3 Å². The van der Waals surface area contributed by atoms with Crippen LogP contribution in [0.15, 0.2) is 17.0 Å². The number of rotatable bonds is 3. The van der Waals surface area contributed by atoms with E-state index in [0.717, 1.165) is 0 Å². The fourth-order valence-corrected chi connectivity index (χ4v) is 3.54. The minimum Gasteiger partial charge on any atom is -0.351 e. The Hall–Kier alpha value is -2.50. The molecular weight excluding hydrogens is 475 g/mol. The summed E-state index contributed by atoms with van der Waals surface area (Å²) >= 11 is 11.6. The number of urea groups is 1. The first-order valence-electron chi connectivity index (χ1n) is 6.83. The lowest BCUT2D eigenvalue weighted by Crippen LogP contribution is -2.24. The van der Waals surface area contributed by atoms with Crippen LogP contribution in [0.2, 0.25) is 10.0 Å². The Morgan fingerprint density at radius 1 is 1.21 bits per heavy atom. The number of aromatic nitrogens is 2. The van der Waals surface area contributed by atoms with Crippen LogP contribution in [0.5, 0.6) is 0 Å². The maximum atomic E-state index is 13.0. The second kappa shape index (κ2) is 7.73. The largest absolute Gasteiger partial charge is 0.476 e. The van der Waals surface area contributed by atoms with Crippen molar-refractivity contribution in [2.24, 2.45) is 5.73 Å². The van der Waals surface area contributed by atoms with E-state index in [-0.39, 0.29) is 0 Å². The first-order chi connectivity index (χ1) is 13.2. The van der Waals surface area contributed by atoms with E-state index in [1.807, 2.05) is 0 Å². The van der Waals surface area contributed by atoms with Gasteiger partial charge in [0.15, 0.2) is 22.3 Å². The van der Waals surface area contributed by atoms with E-state index in [9.17, 15) is 35.3 Å². The van der Waals surface area contributed by atoms with Gasteiger partial charge in [-0.2, -0.15) is 36.7 Å². The third-order valence-corrected chi connectivity index (χ3v) is 4.90. The van der Waals surface area contributed by atoms with Gasteiger partial charge in [0.25, 0.3) is 0 Å². The van der Waals surface area contributed by atoms with Gasteiger partial charge in [0.1, 0.15) is 16.7 Å². The SMILES string of the molecule is N#Cc1nn(-c2c(Cl)cc(C(F)(F)F)cc2Cl)c(NC(N)=O)c1S(=O)C(F)(F)F. The van der Waals surface area contributed by atoms with Gasteiger partial charge in [0.05, 0.1) is 15.6 Å². The van der Waals surface area contributed by atoms with Crippen LogP contribution in [0.1, 0.15) is 11.3 Å². The predicted molar refractivity (Wildman–Crippen MR) is 89.0 cm³/mol. The molecule has 0 saturated carbocycles. The molecule has 7 nitrogen and oxygen atoms in total. The predicted octanol–water partition coefficient (Wildman–Crippen LogP) is 4.19. The lowest BCUT2D eigenvalue weighted by atomic mass is 10.2. The van der Waals surface area contributed by atoms with E-state index < -0.39 is 66.2 Å². The molecule has 0 aliphatic rings. The molecule has 0 fully saturated rings. The fraction of sp³-hybridized carbons (Fsp3) is 0.154. The molecule has 0 radical (unpaired) electrons. The third-order valence-electron chi connectivity index (χ3n) is 3.14. The second-order valence-electron chi connectivity index (χ2n) is 5.04. The van der Waals surface area contributed by atoms with Gasteiger partial charge in [0.2, 0.25) is 0 Å². The molecule has 16 heteroatoms. The Labute approximate surface area is 169 Å². The smallest absolute Gasteiger partial charge is 0.351 e. The number of nitrogens with two attached hydrogens (primary N) is 1. The monoisotopic (exact) mass is 479 g/mol. The van der Waals surface area contributed by atoms with Crippen molar-refractivity contribution in [3.8, 4) is 11.8 Å². The van der Waals surface area contributed by atoms with Crippen molar-refractivity contribution >= 4 is 45.9 Å². The summed E-state index contributed by atoms with van der Waals surface area (Å²) in [7, 11) is -3.87. The maximum Gasteiger partial charge on any atom is 0.476 e. The number of carbonyl (C=O) groups excluding carboxylic acids is 1. The average Bonchev–Trinajstić information content (AvgIpc) is 2.89. The van der Waals surface area contributed by atoms with Gasteiger partial charge < -0.3 is 5.73 Å². The molecule has 0 aliphatic heterocycles. The van der Waals surface area contributed by atoms with Gasteiger partial charge in [-0.1, -0.05) is 23.2 Å². The van der Waals surface area contributed by atoms with Crippen molar-refractivity contribution in [3.05, 3.63) is 33.4 Å². The summed E-state index contributed by atoms with van der Waals surface area (Å²) < 4.78 is 89.6. The molecule has 1 heterocycles. The molecule has 2 rings (SSSR count). The van der Waals surface area contributed by atoms with E-state index in [0.29, 0.717) is 16.8 Å². The van der Waals surface area contributed by atoms with Crippen LogP contribution in [0.3, 0.4) is 0 Å². The van der Waals surface area contributed by atoms with E-state index >= 15 is 0 Å². The summed E-state index contributed by atoms with van der Waals surface area (Å²) in [5.74, 6) is -1.01. The van der Waals surface area contributed by atoms with Crippen LogP contribution < -0.4 is 11.1 Å². The number of alkyl halides is 6. The van der Waals surface area contributed by atoms with Crippen molar-refractivity contribution in [2.75, 3.05) is 5.32 Å². The number of halogens is 8. The van der Waals surface area contributed by atoms with Crippen molar-refractivity contribution in [3.63, 3.8) is 0 Å². The molecule has 0 saturated heterocycles. The van der Waals surface area contributed by atoms with Crippen LogP contribution in [0.4, 0.5) is 37.0 Å². The maximum absolute atomic E-state index is 13.0. The highest BCUT2D eigenvalue weighted by Gasteiger charge is 2.43. The Morgan fingerprint density at radius 2 is 1.72 bits per heavy atom. The van der Waals surface area contributed by atoms with E-state index in [4.69, 9.17) is 34.2 Å². The molecule has 0 aliphatic carbocycles. The molecule has 1 atom stereocenters. The number of hydrogen-bond donors (Lipinski definition) is 2. The number of nitrogens with one attached hydrogen (secondary N) is 1. The topological polar surface area (TPSA) is 114 Å². The Kier molecular flexibility index (Phi) is 6.07. The number of hydrogen-bond acceptors (Lipinski definition) is 4. The van der Waals surface area contributed by atoms with Crippen LogP contribution >= 0.6 is 23.2 Å². The van der Waals surface area contributed by atoms with E-state index in [1.54, 1.807) is 5.32 Å². The zero-order valence-corrected chi connectivity index (χ0v) is 15.7. The van der Waals surface area contributed by atoms with Gasteiger partial charge in [-0.05, 0) is 12.1 Å². The van der Waals surface area contributed by atoms with Crippen molar-refractivity contribution in [2.45, 2.75) is 16.6 Å². The molecule has 1 aromatic carbocycles. The highest BCUT2D eigenvalue weighted by Crippen LogP contribution is 2.41. The van der Waals surface area contributed by atoms with Gasteiger partial charge in [-0.25, -0.2) is 13.7 Å². The number of nitriles is 1. The molecule has 0 bridgehead atoms. The Bertz CT molecular complexity index is 1040. The minimum atomic E-state index is -5.37. The first-order valence-corrected chi connectivity index (χ1v) is 8.73. The molecule has 2 aromatic rings. The van der Waals surface area contributed by atoms with Gasteiger partial charge in [-0.15, -0.1) is 0 Å². The lowest BCUT2D eigenvalue weighted by Gasteiger charge is -2.15. The normalized spacial score (nSPS) is 13.1. The van der Waals surface area contributed by atoms with E-state index in [2.05, 4.69) is 5.10 Å². The summed E-state index contributed by atoms with van der Waals surface area (Å²) in [5, 5.41) is 12.7. The van der Waals surface area contributed by atoms with Crippen molar-refractivity contribution in [1.82, 2.24) is 9.78 Å². The summed E-state index contributed by atoms with van der Waals surface area (Å²) in [6, 6.07) is 0.582. The van der Waals surface area contributed by atoms with E-state index in [1.165, 1.54) is 6.07 Å². The number of amides is 2. The van der Waals surface area contributed by atoms with Crippen molar-refractivity contribution in [1.29, 1.82) is 5.26 Å². The van der Waals surface area contributed by atoms with Gasteiger partial charge in [-0.3, -0.25) is 5.32 Å². The highest BCUT2D eigenvalue weighted by molar-refractivity contribution is 7.86. The van der Waals surface area contributed by atoms with Crippen LogP contribution in [-0.2, 0) is 17.0 Å². The number of carbonyl (C=O) groups is 1. The lowest BCUT2D eigenvalue weighted by molar-refractivity contribution is -0.137. The quantitative estimate of drug-likeness (QED) is 0.642. The third kappa shape index (κ3) is 4.57. The van der Waals surface area contributed by atoms with Gasteiger partial charge >= 0.3 is 17.7 Å².